The van der Waals surface area contributed by atoms with E-state index in [0.29, 0.717) is 48.6 Å². The summed E-state index contributed by atoms with van der Waals surface area (Å²) in [6.07, 6.45) is 9.17. The second-order valence-electron chi connectivity index (χ2n) is 11.1. The lowest BCUT2D eigenvalue weighted by Gasteiger charge is -2.39. The zero-order valence-electron chi connectivity index (χ0n) is 22.9. The van der Waals surface area contributed by atoms with Crippen molar-refractivity contribution in [3.8, 4) is 11.4 Å². The summed E-state index contributed by atoms with van der Waals surface area (Å²) in [5, 5.41) is 10.2. The van der Waals surface area contributed by atoms with Gasteiger partial charge in [0, 0.05) is 48.7 Å². The molecule has 2 fully saturated rings. The molecule has 0 bridgehead atoms. The van der Waals surface area contributed by atoms with E-state index in [1.54, 1.807) is 47.6 Å². The van der Waals surface area contributed by atoms with E-state index in [0.717, 1.165) is 18.4 Å². The number of amides is 3. The van der Waals surface area contributed by atoms with Gasteiger partial charge in [-0.3, -0.25) is 9.59 Å². The quantitative estimate of drug-likeness (QED) is 0.490. The summed E-state index contributed by atoms with van der Waals surface area (Å²) in [5.41, 5.74) is 1.67. The van der Waals surface area contributed by atoms with Crippen LogP contribution in [0.2, 0.25) is 0 Å². The van der Waals surface area contributed by atoms with Crippen molar-refractivity contribution in [3.63, 3.8) is 0 Å². The number of ether oxygens (including phenoxy) is 1. The Balaban J connectivity index is 1.21. The first kappa shape index (κ1) is 27.2. The first-order valence-electron chi connectivity index (χ1n) is 13.5. The van der Waals surface area contributed by atoms with Crippen molar-refractivity contribution in [1.29, 1.82) is 0 Å². The molecule has 11 heteroatoms. The lowest BCUT2D eigenvalue weighted by molar-refractivity contribution is 0.0142. The Kier molecular flexibility index (Phi) is 7.72. The maximum atomic E-state index is 13.5. The van der Waals surface area contributed by atoms with Crippen LogP contribution in [0, 0.1) is 0 Å². The van der Waals surface area contributed by atoms with E-state index in [1.165, 1.54) is 12.4 Å². The average Bonchev–Trinajstić information content (AvgIpc) is 3.78. The molecule has 1 N–H and O–H groups in total. The molecule has 40 heavy (non-hydrogen) atoms. The van der Waals surface area contributed by atoms with Crippen LogP contribution in [0.15, 0.2) is 55.1 Å². The van der Waals surface area contributed by atoms with Gasteiger partial charge in [-0.25, -0.2) is 14.8 Å². The highest BCUT2D eigenvalue weighted by molar-refractivity contribution is 6.04. The molecule has 1 saturated heterocycles. The number of hydrogen-bond donors (Lipinski definition) is 1. The highest BCUT2D eigenvalue weighted by atomic mass is 16.6. The van der Waals surface area contributed by atoms with Gasteiger partial charge in [0.05, 0.1) is 23.6 Å². The smallest absolute Gasteiger partial charge is 0.410 e. The van der Waals surface area contributed by atoms with Crippen molar-refractivity contribution < 1.29 is 19.1 Å². The van der Waals surface area contributed by atoms with Crippen LogP contribution in [0.25, 0.3) is 11.4 Å². The van der Waals surface area contributed by atoms with Gasteiger partial charge in [-0.2, -0.15) is 10.2 Å². The molecule has 1 aromatic carbocycles. The number of nitrogens with zero attached hydrogens (tertiary/aromatic N) is 6. The fourth-order valence-corrected chi connectivity index (χ4v) is 4.71. The predicted octanol–water partition coefficient (Wildman–Crippen LogP) is 4.19. The van der Waals surface area contributed by atoms with E-state index in [2.05, 4.69) is 25.5 Å². The standard InChI is InChI=1S/C29H33N7O4/c1-29(2,3)40-28(39)35-14-11-24(12-15-35)36(23-8-9-23)27(38)21-16-30-25(31-17-21)19-4-6-20(7-5-19)26(37)34-22-10-13-32-33-18-22/h4-7,10,13,16-18,23-24H,8-9,11-12,14-15H2,1-3H3,(H,32,34,37). The summed E-state index contributed by atoms with van der Waals surface area (Å²) < 4.78 is 5.51. The number of aromatic nitrogens is 4. The molecule has 1 aliphatic carbocycles. The van der Waals surface area contributed by atoms with Crippen molar-refractivity contribution in [2.75, 3.05) is 18.4 Å². The van der Waals surface area contributed by atoms with E-state index in [9.17, 15) is 14.4 Å². The molecule has 208 valence electrons. The Labute approximate surface area is 233 Å². The number of carbonyl (C=O) groups is 3. The van der Waals surface area contributed by atoms with Gasteiger partial charge in [-0.15, -0.1) is 0 Å². The van der Waals surface area contributed by atoms with Crippen molar-refractivity contribution in [2.24, 2.45) is 0 Å². The predicted molar refractivity (Wildman–Crippen MR) is 147 cm³/mol. The van der Waals surface area contributed by atoms with Crippen molar-refractivity contribution >= 4 is 23.6 Å². The highest BCUT2D eigenvalue weighted by Crippen LogP contribution is 2.33. The zero-order chi connectivity index (χ0) is 28.3. The third kappa shape index (κ3) is 6.59. The Morgan fingerprint density at radius 1 is 0.875 bits per heavy atom. The van der Waals surface area contributed by atoms with Crippen molar-refractivity contribution in [3.05, 3.63) is 66.2 Å². The molecule has 0 atom stereocenters. The minimum Gasteiger partial charge on any atom is -0.444 e. The molecule has 3 heterocycles. The van der Waals surface area contributed by atoms with Gasteiger partial charge in [0.15, 0.2) is 5.82 Å². The van der Waals surface area contributed by atoms with E-state index < -0.39 is 5.60 Å². The van der Waals surface area contributed by atoms with Gasteiger partial charge >= 0.3 is 6.09 Å². The van der Waals surface area contributed by atoms with E-state index in [-0.39, 0.29) is 30.0 Å². The van der Waals surface area contributed by atoms with Gasteiger partial charge < -0.3 is 19.9 Å². The van der Waals surface area contributed by atoms with Crippen LogP contribution >= 0.6 is 0 Å². The molecule has 5 rings (SSSR count). The average molecular weight is 544 g/mol. The number of likely N-dealkylation sites (tertiary alicyclic amines) is 1. The maximum Gasteiger partial charge on any atom is 0.410 e. The lowest BCUT2D eigenvalue weighted by Crippen LogP contribution is -2.50. The van der Waals surface area contributed by atoms with Crippen LogP contribution in [0.4, 0.5) is 10.5 Å². The van der Waals surface area contributed by atoms with Crippen LogP contribution in [0.3, 0.4) is 0 Å². The van der Waals surface area contributed by atoms with Crippen LogP contribution in [-0.4, -0.2) is 78.6 Å². The third-order valence-corrected chi connectivity index (χ3v) is 6.83. The Hall–Kier alpha value is -4.41. The van der Waals surface area contributed by atoms with Gasteiger partial charge in [0.2, 0.25) is 0 Å². The van der Waals surface area contributed by atoms with Crippen molar-refractivity contribution in [2.45, 2.75) is 64.1 Å². The monoisotopic (exact) mass is 543 g/mol. The molecule has 11 nitrogen and oxygen atoms in total. The van der Waals surface area contributed by atoms with Gasteiger partial charge in [0.25, 0.3) is 11.8 Å². The summed E-state index contributed by atoms with van der Waals surface area (Å²) in [6.45, 7) is 6.68. The second-order valence-corrected chi connectivity index (χ2v) is 11.1. The molecule has 1 aliphatic heterocycles. The van der Waals surface area contributed by atoms with E-state index in [4.69, 9.17) is 4.74 Å². The molecule has 3 amide bonds. The Bertz CT molecular complexity index is 1350. The molecular formula is C29H33N7O4. The molecule has 0 spiro atoms. The molecule has 2 aromatic heterocycles. The minimum atomic E-state index is -0.537. The van der Waals surface area contributed by atoms with Gasteiger partial charge in [-0.05, 0) is 64.7 Å². The number of hydrogen-bond acceptors (Lipinski definition) is 8. The molecule has 2 aliphatic rings. The first-order chi connectivity index (χ1) is 19.2. The number of piperidine rings is 1. The summed E-state index contributed by atoms with van der Waals surface area (Å²) in [4.78, 5) is 51.0. The Morgan fingerprint density at radius 2 is 1.52 bits per heavy atom. The SMILES string of the molecule is CC(C)(C)OC(=O)N1CCC(N(C(=O)c2cnc(-c3ccc(C(=O)Nc4ccnnc4)cc3)nc2)C2CC2)CC1. The largest absolute Gasteiger partial charge is 0.444 e. The fraction of sp³-hybridized carbons (Fsp3) is 0.414. The number of benzene rings is 1. The molecule has 0 unspecified atom stereocenters. The third-order valence-electron chi connectivity index (χ3n) is 6.83. The minimum absolute atomic E-state index is 0.0555. The lowest BCUT2D eigenvalue weighted by atomic mass is 10.0. The summed E-state index contributed by atoms with van der Waals surface area (Å²) in [7, 11) is 0. The maximum absolute atomic E-state index is 13.5. The van der Waals surface area contributed by atoms with E-state index in [1.807, 2.05) is 25.7 Å². The number of rotatable bonds is 6. The van der Waals surface area contributed by atoms with Crippen LogP contribution in [0.1, 0.15) is 67.2 Å². The van der Waals surface area contributed by atoms with Crippen LogP contribution in [-0.2, 0) is 4.74 Å². The van der Waals surface area contributed by atoms with Gasteiger partial charge in [0.1, 0.15) is 5.60 Å². The number of carbonyl (C=O) groups excluding carboxylic acids is 3. The Morgan fingerprint density at radius 3 is 2.10 bits per heavy atom. The fourth-order valence-electron chi connectivity index (χ4n) is 4.71. The summed E-state index contributed by atoms with van der Waals surface area (Å²) in [5.74, 6) is 0.117. The summed E-state index contributed by atoms with van der Waals surface area (Å²) in [6, 6.07) is 8.86. The molecule has 0 radical (unpaired) electrons. The molecular weight excluding hydrogens is 510 g/mol. The summed E-state index contributed by atoms with van der Waals surface area (Å²) >= 11 is 0. The van der Waals surface area contributed by atoms with Crippen LogP contribution < -0.4 is 5.32 Å². The second kappa shape index (κ2) is 11.4. The number of nitrogens with one attached hydrogen (secondary N) is 1. The first-order valence-corrected chi connectivity index (χ1v) is 13.5. The molecule has 3 aromatic rings. The van der Waals surface area contributed by atoms with Crippen molar-refractivity contribution in [1.82, 2.24) is 30.0 Å². The number of anilines is 1. The normalized spacial score (nSPS) is 15.8. The van der Waals surface area contributed by atoms with E-state index >= 15 is 0 Å². The zero-order valence-corrected chi connectivity index (χ0v) is 22.9. The topological polar surface area (TPSA) is 131 Å². The highest BCUT2D eigenvalue weighted by Gasteiger charge is 2.40. The van der Waals surface area contributed by atoms with Crippen LogP contribution in [0.5, 0.6) is 0 Å². The van der Waals surface area contributed by atoms with Gasteiger partial charge in [-0.1, -0.05) is 12.1 Å². The molecule has 1 saturated carbocycles.